The van der Waals surface area contributed by atoms with E-state index in [-0.39, 0.29) is 0 Å². The molecule has 1 heterocycles. The predicted molar refractivity (Wildman–Crippen MR) is 60.6 cm³/mol. The summed E-state index contributed by atoms with van der Waals surface area (Å²) in [6.45, 7) is 0. The summed E-state index contributed by atoms with van der Waals surface area (Å²) >= 11 is 3.48. The Morgan fingerprint density at radius 1 is 1.47 bits per heavy atom. The largest absolute Gasteiger partial charge is 0.305 e. The smallest absolute Gasteiger partial charge is 0.0992 e. The lowest BCUT2D eigenvalue weighted by Gasteiger charge is -2.06. The van der Waals surface area contributed by atoms with Crippen molar-refractivity contribution in [3.05, 3.63) is 47.0 Å². The summed E-state index contributed by atoms with van der Waals surface area (Å²) in [5, 5.41) is 8.58. The highest BCUT2D eigenvalue weighted by Gasteiger charge is 2.02. The maximum absolute atomic E-state index is 8.58. The van der Waals surface area contributed by atoms with Crippen LogP contribution in [0.4, 0.5) is 0 Å². The number of hydrogen-bond donors (Lipinski definition) is 0. The molecule has 2 rings (SSSR count). The van der Waals surface area contributed by atoms with Crippen LogP contribution in [0.1, 0.15) is 5.56 Å². The van der Waals surface area contributed by atoms with E-state index in [4.69, 9.17) is 5.26 Å². The van der Waals surface area contributed by atoms with Crippen LogP contribution in [0.25, 0.3) is 5.69 Å². The maximum Gasteiger partial charge on any atom is 0.0992 e. The Morgan fingerprint density at radius 2 is 2.33 bits per heavy atom. The van der Waals surface area contributed by atoms with Gasteiger partial charge in [-0.3, -0.25) is 0 Å². The second kappa shape index (κ2) is 4.28. The molecule has 0 aliphatic heterocycles. The van der Waals surface area contributed by atoms with Crippen LogP contribution in [0.3, 0.4) is 0 Å². The molecule has 0 saturated heterocycles. The van der Waals surface area contributed by atoms with Crippen molar-refractivity contribution >= 4 is 15.9 Å². The lowest BCUT2D eigenvalue weighted by atomic mass is 10.1. The molecule has 0 unspecified atom stereocenters. The van der Waals surface area contributed by atoms with Gasteiger partial charge in [0.05, 0.1) is 24.5 Å². The quantitative estimate of drug-likeness (QED) is 0.834. The van der Waals surface area contributed by atoms with Gasteiger partial charge in [0.25, 0.3) is 0 Å². The first-order chi connectivity index (χ1) is 7.31. The number of imidazole rings is 1. The van der Waals surface area contributed by atoms with Crippen molar-refractivity contribution < 1.29 is 0 Å². The summed E-state index contributed by atoms with van der Waals surface area (Å²) in [7, 11) is 0. The highest BCUT2D eigenvalue weighted by atomic mass is 79.9. The molecular formula is C11H8BrN3. The molecule has 3 nitrogen and oxygen atoms in total. The molecule has 1 aromatic carbocycles. The molecule has 0 N–H and O–H groups in total. The fourth-order valence-electron chi connectivity index (χ4n) is 1.36. The van der Waals surface area contributed by atoms with Gasteiger partial charge in [0.2, 0.25) is 0 Å². The minimum atomic E-state index is 0.433. The van der Waals surface area contributed by atoms with Crippen molar-refractivity contribution in [3.63, 3.8) is 0 Å². The van der Waals surface area contributed by atoms with Crippen LogP contribution in [-0.2, 0) is 6.42 Å². The van der Waals surface area contributed by atoms with Gasteiger partial charge in [-0.15, -0.1) is 0 Å². The molecule has 0 aliphatic carbocycles. The molecule has 15 heavy (non-hydrogen) atoms. The van der Waals surface area contributed by atoms with Crippen LogP contribution in [-0.4, -0.2) is 9.55 Å². The summed E-state index contributed by atoms with van der Waals surface area (Å²) in [6, 6.07) is 8.00. The second-order valence-electron chi connectivity index (χ2n) is 3.09. The summed E-state index contributed by atoms with van der Waals surface area (Å²) < 4.78 is 2.88. The predicted octanol–water partition coefficient (Wildman–Crippen LogP) is 2.70. The highest BCUT2D eigenvalue weighted by molar-refractivity contribution is 9.10. The first-order valence-electron chi connectivity index (χ1n) is 4.45. The van der Waals surface area contributed by atoms with Gasteiger partial charge < -0.3 is 4.57 Å². The fraction of sp³-hybridized carbons (Fsp3) is 0.0909. The second-order valence-corrected chi connectivity index (χ2v) is 3.94. The molecule has 74 valence electrons. The molecule has 0 radical (unpaired) electrons. The number of benzene rings is 1. The average molecular weight is 262 g/mol. The minimum absolute atomic E-state index is 0.433. The van der Waals surface area contributed by atoms with Crippen LogP contribution in [0, 0.1) is 11.3 Å². The zero-order chi connectivity index (χ0) is 10.7. The molecule has 2 aromatic rings. The zero-order valence-electron chi connectivity index (χ0n) is 7.89. The molecule has 4 heteroatoms. The molecule has 1 aromatic heterocycles. The first-order valence-corrected chi connectivity index (χ1v) is 5.24. The van der Waals surface area contributed by atoms with Crippen molar-refractivity contribution in [2.75, 3.05) is 0 Å². The van der Waals surface area contributed by atoms with Gasteiger partial charge in [0, 0.05) is 16.9 Å². The Balaban J connectivity index is 2.40. The number of halogens is 1. The Morgan fingerprint density at radius 3 is 2.93 bits per heavy atom. The van der Waals surface area contributed by atoms with E-state index in [0.29, 0.717) is 6.42 Å². The van der Waals surface area contributed by atoms with Crippen LogP contribution in [0.2, 0.25) is 0 Å². The number of rotatable bonds is 2. The van der Waals surface area contributed by atoms with Gasteiger partial charge in [0.15, 0.2) is 0 Å². The van der Waals surface area contributed by atoms with Gasteiger partial charge in [0.1, 0.15) is 0 Å². The summed E-state index contributed by atoms with van der Waals surface area (Å²) in [6.07, 6.45) is 5.78. The monoisotopic (exact) mass is 261 g/mol. The van der Waals surface area contributed by atoms with E-state index in [0.717, 1.165) is 15.7 Å². The Hall–Kier alpha value is -1.60. The number of nitrogens with zero attached hydrogens (tertiary/aromatic N) is 3. The SMILES string of the molecule is N#CCc1ccc(-n2ccnc2)c(Br)c1. The first kappa shape index (κ1) is 9.94. The average Bonchev–Trinajstić information content (AvgIpc) is 2.71. The van der Waals surface area contributed by atoms with Crippen molar-refractivity contribution in [2.24, 2.45) is 0 Å². The van der Waals surface area contributed by atoms with Crippen LogP contribution < -0.4 is 0 Å². The summed E-state index contributed by atoms with van der Waals surface area (Å²) in [5.74, 6) is 0. The van der Waals surface area contributed by atoms with Crippen LogP contribution in [0.5, 0.6) is 0 Å². The van der Waals surface area contributed by atoms with Crippen molar-refractivity contribution in [3.8, 4) is 11.8 Å². The molecule has 0 bridgehead atoms. The minimum Gasteiger partial charge on any atom is -0.305 e. The van der Waals surface area contributed by atoms with E-state index in [2.05, 4.69) is 27.0 Å². The number of nitriles is 1. The zero-order valence-corrected chi connectivity index (χ0v) is 9.48. The van der Waals surface area contributed by atoms with E-state index in [1.54, 1.807) is 12.5 Å². The third-order valence-corrected chi connectivity index (χ3v) is 2.71. The van der Waals surface area contributed by atoms with E-state index in [9.17, 15) is 0 Å². The van der Waals surface area contributed by atoms with E-state index < -0.39 is 0 Å². The Labute approximate surface area is 96.1 Å². The van der Waals surface area contributed by atoms with Crippen LogP contribution >= 0.6 is 15.9 Å². The standard InChI is InChI=1S/C11H8BrN3/c12-10-7-9(3-4-13)1-2-11(10)15-6-5-14-8-15/h1-2,5-8H,3H2. The third-order valence-electron chi connectivity index (χ3n) is 2.08. The highest BCUT2D eigenvalue weighted by Crippen LogP contribution is 2.22. The lowest BCUT2D eigenvalue weighted by Crippen LogP contribution is -1.92. The topological polar surface area (TPSA) is 41.6 Å². The Kier molecular flexibility index (Phi) is 2.84. The lowest BCUT2D eigenvalue weighted by molar-refractivity contribution is 1.04. The van der Waals surface area contributed by atoms with Gasteiger partial charge in [-0.1, -0.05) is 6.07 Å². The summed E-state index contributed by atoms with van der Waals surface area (Å²) in [5.41, 5.74) is 2.03. The van der Waals surface area contributed by atoms with Crippen molar-refractivity contribution in [1.29, 1.82) is 5.26 Å². The van der Waals surface area contributed by atoms with Gasteiger partial charge in [-0.25, -0.2) is 4.98 Å². The van der Waals surface area contributed by atoms with Gasteiger partial charge >= 0.3 is 0 Å². The van der Waals surface area contributed by atoms with Gasteiger partial charge in [-0.05, 0) is 33.6 Å². The van der Waals surface area contributed by atoms with E-state index >= 15 is 0 Å². The van der Waals surface area contributed by atoms with E-state index in [1.165, 1.54) is 0 Å². The normalized spacial score (nSPS) is 9.87. The maximum atomic E-state index is 8.58. The summed E-state index contributed by atoms with van der Waals surface area (Å²) in [4.78, 5) is 3.99. The molecule has 0 spiro atoms. The number of hydrogen-bond acceptors (Lipinski definition) is 2. The molecule has 0 saturated carbocycles. The molecule has 0 aliphatic rings. The molecule has 0 amide bonds. The number of aromatic nitrogens is 2. The Bertz CT molecular complexity index is 497. The molecule has 0 fully saturated rings. The third kappa shape index (κ3) is 2.08. The van der Waals surface area contributed by atoms with Crippen molar-refractivity contribution in [2.45, 2.75) is 6.42 Å². The van der Waals surface area contributed by atoms with E-state index in [1.807, 2.05) is 29.0 Å². The van der Waals surface area contributed by atoms with Crippen molar-refractivity contribution in [1.82, 2.24) is 9.55 Å². The molecular weight excluding hydrogens is 254 g/mol. The van der Waals surface area contributed by atoms with Crippen LogP contribution in [0.15, 0.2) is 41.4 Å². The fourth-order valence-corrected chi connectivity index (χ4v) is 1.99. The molecule has 0 atom stereocenters. The van der Waals surface area contributed by atoms with Gasteiger partial charge in [-0.2, -0.15) is 5.26 Å².